The maximum Gasteiger partial charge on any atom is 0.261 e. The number of ether oxygens (including phenoxy) is 1. The minimum atomic E-state index is -3.61. The van der Waals surface area contributed by atoms with Crippen molar-refractivity contribution >= 4 is 15.7 Å². The lowest BCUT2D eigenvalue weighted by molar-refractivity contribution is 0.370. The van der Waals surface area contributed by atoms with Crippen LogP contribution in [-0.4, -0.2) is 15.0 Å². The van der Waals surface area contributed by atoms with Crippen LogP contribution in [0.3, 0.4) is 0 Å². The van der Waals surface area contributed by atoms with Crippen LogP contribution in [0.1, 0.15) is 5.56 Å². The SMILES string of the molecule is C#CCOc1ccc(S(=O)(=O)Nc2ccc(C)cc2)cc1. The van der Waals surface area contributed by atoms with Crippen LogP contribution in [0.25, 0.3) is 0 Å². The molecule has 2 aromatic rings. The Morgan fingerprint density at radius 1 is 1.10 bits per heavy atom. The van der Waals surface area contributed by atoms with Gasteiger partial charge in [-0.2, -0.15) is 0 Å². The molecule has 2 aromatic carbocycles. The second kappa shape index (κ2) is 6.33. The van der Waals surface area contributed by atoms with Crippen molar-refractivity contribution in [3.8, 4) is 18.1 Å². The highest BCUT2D eigenvalue weighted by Crippen LogP contribution is 2.19. The molecule has 0 bridgehead atoms. The molecule has 21 heavy (non-hydrogen) atoms. The molecule has 0 aromatic heterocycles. The minimum absolute atomic E-state index is 0.147. The molecular formula is C16H15NO3S. The van der Waals surface area contributed by atoms with Gasteiger partial charge in [-0.3, -0.25) is 4.72 Å². The molecule has 0 amide bonds. The van der Waals surface area contributed by atoms with Gasteiger partial charge in [0.15, 0.2) is 0 Å². The van der Waals surface area contributed by atoms with E-state index in [-0.39, 0.29) is 11.5 Å². The third-order valence-corrected chi connectivity index (χ3v) is 4.16. The number of anilines is 1. The van der Waals surface area contributed by atoms with E-state index in [0.29, 0.717) is 11.4 Å². The van der Waals surface area contributed by atoms with Crippen LogP contribution in [0.5, 0.6) is 5.75 Å². The molecule has 108 valence electrons. The number of aryl methyl sites for hydroxylation is 1. The van der Waals surface area contributed by atoms with E-state index in [0.717, 1.165) is 5.56 Å². The molecular weight excluding hydrogens is 286 g/mol. The molecule has 0 unspecified atom stereocenters. The van der Waals surface area contributed by atoms with Gasteiger partial charge in [0, 0.05) is 5.69 Å². The Bertz CT molecular complexity index is 742. The van der Waals surface area contributed by atoms with Crippen LogP contribution in [0, 0.1) is 19.3 Å². The fourth-order valence-corrected chi connectivity index (χ4v) is 2.73. The quantitative estimate of drug-likeness (QED) is 0.864. The molecule has 0 saturated carbocycles. The van der Waals surface area contributed by atoms with Crippen molar-refractivity contribution in [2.75, 3.05) is 11.3 Å². The Kier molecular flexibility index (Phi) is 4.51. The second-order valence-electron chi connectivity index (χ2n) is 4.44. The first kappa shape index (κ1) is 14.9. The third-order valence-electron chi connectivity index (χ3n) is 2.76. The predicted octanol–water partition coefficient (Wildman–Crippen LogP) is 2.81. The average Bonchev–Trinajstić information content (AvgIpc) is 2.48. The molecule has 0 atom stereocenters. The van der Waals surface area contributed by atoms with E-state index >= 15 is 0 Å². The minimum Gasteiger partial charge on any atom is -0.481 e. The zero-order valence-corrected chi connectivity index (χ0v) is 12.4. The summed E-state index contributed by atoms with van der Waals surface area (Å²) >= 11 is 0. The first-order valence-electron chi connectivity index (χ1n) is 6.27. The zero-order valence-electron chi connectivity index (χ0n) is 11.5. The van der Waals surface area contributed by atoms with Gasteiger partial charge in [-0.25, -0.2) is 8.42 Å². The molecule has 5 heteroatoms. The highest BCUT2D eigenvalue weighted by molar-refractivity contribution is 7.92. The summed E-state index contributed by atoms with van der Waals surface area (Å²) in [6.07, 6.45) is 5.09. The summed E-state index contributed by atoms with van der Waals surface area (Å²) in [4.78, 5) is 0.163. The lowest BCUT2D eigenvalue weighted by atomic mass is 10.2. The van der Waals surface area contributed by atoms with Crippen molar-refractivity contribution in [3.63, 3.8) is 0 Å². The zero-order chi connectivity index (χ0) is 15.3. The van der Waals surface area contributed by atoms with Gasteiger partial charge >= 0.3 is 0 Å². The maximum absolute atomic E-state index is 12.2. The highest BCUT2D eigenvalue weighted by Gasteiger charge is 2.14. The van der Waals surface area contributed by atoms with E-state index < -0.39 is 10.0 Å². The van der Waals surface area contributed by atoms with E-state index in [1.165, 1.54) is 12.1 Å². The lowest BCUT2D eigenvalue weighted by Gasteiger charge is -2.09. The lowest BCUT2D eigenvalue weighted by Crippen LogP contribution is -2.12. The Balaban J connectivity index is 2.15. The summed E-state index contributed by atoms with van der Waals surface area (Å²) in [6, 6.07) is 13.2. The fraction of sp³-hybridized carbons (Fsp3) is 0.125. The van der Waals surface area contributed by atoms with Crippen molar-refractivity contribution in [3.05, 3.63) is 54.1 Å². The van der Waals surface area contributed by atoms with Crippen LogP contribution in [0.2, 0.25) is 0 Å². The largest absolute Gasteiger partial charge is 0.481 e. The maximum atomic E-state index is 12.2. The second-order valence-corrected chi connectivity index (χ2v) is 6.12. The molecule has 1 N–H and O–H groups in total. The van der Waals surface area contributed by atoms with Gasteiger partial charge < -0.3 is 4.74 Å². The summed E-state index contributed by atoms with van der Waals surface area (Å²) in [5, 5.41) is 0. The Morgan fingerprint density at radius 3 is 2.29 bits per heavy atom. The van der Waals surface area contributed by atoms with Crippen molar-refractivity contribution in [2.45, 2.75) is 11.8 Å². The number of hydrogen-bond acceptors (Lipinski definition) is 3. The smallest absolute Gasteiger partial charge is 0.261 e. The predicted molar refractivity (Wildman–Crippen MR) is 82.8 cm³/mol. The molecule has 0 saturated heterocycles. The third kappa shape index (κ3) is 4.01. The summed E-state index contributed by atoms with van der Waals surface area (Å²) in [7, 11) is -3.61. The van der Waals surface area contributed by atoms with Gasteiger partial charge in [0.1, 0.15) is 12.4 Å². The van der Waals surface area contributed by atoms with Crippen LogP contribution in [-0.2, 0) is 10.0 Å². The van der Waals surface area contributed by atoms with Crippen molar-refractivity contribution in [1.82, 2.24) is 0 Å². The molecule has 0 fully saturated rings. The number of terminal acetylenes is 1. The molecule has 0 heterocycles. The molecule has 0 spiro atoms. The van der Waals surface area contributed by atoms with Gasteiger partial charge in [0.25, 0.3) is 10.0 Å². The van der Waals surface area contributed by atoms with Crippen molar-refractivity contribution in [1.29, 1.82) is 0 Å². The van der Waals surface area contributed by atoms with Gasteiger partial charge in [0.05, 0.1) is 4.90 Å². The van der Waals surface area contributed by atoms with E-state index in [1.807, 2.05) is 19.1 Å². The van der Waals surface area contributed by atoms with Gasteiger partial charge in [0.2, 0.25) is 0 Å². The van der Waals surface area contributed by atoms with Crippen LogP contribution in [0.4, 0.5) is 5.69 Å². The first-order valence-corrected chi connectivity index (χ1v) is 7.75. The molecule has 0 aliphatic rings. The fourth-order valence-electron chi connectivity index (χ4n) is 1.68. The number of hydrogen-bond donors (Lipinski definition) is 1. The van der Waals surface area contributed by atoms with E-state index in [2.05, 4.69) is 10.6 Å². The topological polar surface area (TPSA) is 55.4 Å². The summed E-state index contributed by atoms with van der Waals surface area (Å²) in [6.45, 7) is 2.08. The normalized spacial score (nSPS) is 10.7. The molecule has 0 aliphatic heterocycles. The Hall–Kier alpha value is -2.45. The molecule has 0 aliphatic carbocycles. The summed E-state index contributed by atoms with van der Waals surface area (Å²) in [5.41, 5.74) is 1.58. The average molecular weight is 301 g/mol. The van der Waals surface area contributed by atoms with Crippen LogP contribution < -0.4 is 9.46 Å². The molecule has 4 nitrogen and oxygen atoms in total. The summed E-state index contributed by atoms with van der Waals surface area (Å²) in [5.74, 6) is 2.88. The van der Waals surface area contributed by atoms with Gasteiger partial charge in [-0.1, -0.05) is 23.6 Å². The number of rotatable bonds is 5. The standard InChI is InChI=1S/C16H15NO3S/c1-3-12-20-15-8-10-16(11-9-15)21(18,19)17-14-6-4-13(2)5-7-14/h1,4-11,17H,12H2,2H3. The van der Waals surface area contributed by atoms with E-state index in [1.54, 1.807) is 24.3 Å². The van der Waals surface area contributed by atoms with E-state index in [4.69, 9.17) is 11.2 Å². The van der Waals surface area contributed by atoms with Crippen molar-refractivity contribution < 1.29 is 13.2 Å². The van der Waals surface area contributed by atoms with Crippen LogP contribution >= 0.6 is 0 Å². The first-order chi connectivity index (χ1) is 10.0. The summed E-state index contributed by atoms with van der Waals surface area (Å²) < 4.78 is 32.2. The van der Waals surface area contributed by atoms with Gasteiger partial charge in [-0.05, 0) is 43.3 Å². The Labute approximate surface area is 124 Å². The number of nitrogens with one attached hydrogen (secondary N) is 1. The Morgan fingerprint density at radius 2 is 1.71 bits per heavy atom. The van der Waals surface area contributed by atoms with E-state index in [9.17, 15) is 8.42 Å². The van der Waals surface area contributed by atoms with Gasteiger partial charge in [-0.15, -0.1) is 6.42 Å². The molecule has 2 rings (SSSR count). The number of benzene rings is 2. The van der Waals surface area contributed by atoms with Crippen molar-refractivity contribution in [2.24, 2.45) is 0 Å². The molecule has 0 radical (unpaired) electrons. The monoisotopic (exact) mass is 301 g/mol. The number of sulfonamides is 1. The van der Waals surface area contributed by atoms with Crippen LogP contribution in [0.15, 0.2) is 53.4 Å². The highest BCUT2D eigenvalue weighted by atomic mass is 32.2.